The monoisotopic (exact) mass is 344 g/mol. The fourth-order valence-corrected chi connectivity index (χ4v) is 2.84. The van der Waals surface area contributed by atoms with Gasteiger partial charge in [-0.25, -0.2) is 4.98 Å². The summed E-state index contributed by atoms with van der Waals surface area (Å²) in [5.74, 6) is 1.68. The molecule has 4 N–H and O–H groups in total. The second-order valence-electron chi connectivity index (χ2n) is 6.14. The predicted molar refractivity (Wildman–Crippen MR) is 106 cm³/mol. The van der Waals surface area contributed by atoms with E-state index in [2.05, 4.69) is 21.4 Å². The van der Waals surface area contributed by atoms with Crippen LogP contribution in [0.1, 0.15) is 5.56 Å². The Morgan fingerprint density at radius 1 is 1.00 bits per heavy atom. The number of H-pyrrole nitrogens is 1. The van der Waals surface area contributed by atoms with E-state index < -0.39 is 0 Å². The van der Waals surface area contributed by atoms with Gasteiger partial charge in [0.05, 0.1) is 18.1 Å². The first-order valence-corrected chi connectivity index (χ1v) is 8.44. The number of fused-ring (bicyclic) bond motifs is 1. The van der Waals surface area contributed by atoms with Crippen LogP contribution in [0.15, 0.2) is 66.7 Å². The molecule has 0 aliphatic carbocycles. The van der Waals surface area contributed by atoms with Crippen LogP contribution in [0.25, 0.3) is 22.4 Å². The highest BCUT2D eigenvalue weighted by molar-refractivity contribution is 5.82. The number of anilines is 2. The molecular weight excluding hydrogens is 324 g/mol. The lowest BCUT2D eigenvalue weighted by Gasteiger charge is -2.06. The number of nitrogen functional groups attached to an aromatic ring is 1. The molecule has 5 heteroatoms. The first-order chi connectivity index (χ1) is 12.7. The van der Waals surface area contributed by atoms with Gasteiger partial charge in [0.1, 0.15) is 11.6 Å². The lowest BCUT2D eigenvalue weighted by Crippen LogP contribution is -1.99. The maximum Gasteiger partial charge on any atom is 0.138 e. The normalized spacial score (nSPS) is 10.8. The van der Waals surface area contributed by atoms with Crippen molar-refractivity contribution < 1.29 is 4.74 Å². The number of imidazole rings is 1. The Balaban J connectivity index is 1.54. The number of rotatable bonds is 5. The second-order valence-corrected chi connectivity index (χ2v) is 6.14. The van der Waals surface area contributed by atoms with E-state index in [0.29, 0.717) is 0 Å². The first-order valence-electron chi connectivity index (χ1n) is 8.44. The third kappa shape index (κ3) is 3.32. The number of nitrogens with zero attached hydrogens (tertiary/aromatic N) is 1. The standard InChI is InChI=1S/C21H20N4O/c1-26-18-9-4-15(5-10-18)21-24-19-11-8-17(12-20(19)25-21)23-13-14-2-6-16(22)7-3-14/h2-12,23H,13,22H2,1H3,(H,24,25). The molecule has 26 heavy (non-hydrogen) atoms. The van der Waals surface area contributed by atoms with E-state index in [4.69, 9.17) is 10.5 Å². The smallest absolute Gasteiger partial charge is 0.138 e. The van der Waals surface area contributed by atoms with Crippen LogP contribution in [0.4, 0.5) is 11.4 Å². The van der Waals surface area contributed by atoms with Gasteiger partial charge in [-0.2, -0.15) is 0 Å². The zero-order valence-electron chi connectivity index (χ0n) is 14.5. The summed E-state index contributed by atoms with van der Waals surface area (Å²) < 4.78 is 5.20. The van der Waals surface area contributed by atoms with Crippen molar-refractivity contribution in [3.63, 3.8) is 0 Å². The second kappa shape index (κ2) is 6.80. The van der Waals surface area contributed by atoms with Crippen LogP contribution in [0.5, 0.6) is 5.75 Å². The summed E-state index contributed by atoms with van der Waals surface area (Å²) >= 11 is 0. The van der Waals surface area contributed by atoms with E-state index >= 15 is 0 Å². The third-order valence-corrected chi connectivity index (χ3v) is 4.32. The van der Waals surface area contributed by atoms with E-state index in [1.807, 2.05) is 60.7 Å². The number of hydrogen-bond acceptors (Lipinski definition) is 4. The molecule has 0 atom stereocenters. The molecule has 4 aromatic rings. The minimum Gasteiger partial charge on any atom is -0.497 e. The van der Waals surface area contributed by atoms with Crippen LogP contribution in [0.3, 0.4) is 0 Å². The van der Waals surface area contributed by atoms with Gasteiger partial charge in [-0.05, 0) is 60.2 Å². The average Bonchev–Trinajstić information content (AvgIpc) is 3.11. The topological polar surface area (TPSA) is 76.0 Å². The Morgan fingerprint density at radius 2 is 1.77 bits per heavy atom. The number of methoxy groups -OCH3 is 1. The van der Waals surface area contributed by atoms with Crippen LogP contribution in [0.2, 0.25) is 0 Å². The van der Waals surface area contributed by atoms with Crippen molar-refractivity contribution in [1.29, 1.82) is 0 Å². The van der Waals surface area contributed by atoms with Crippen molar-refractivity contribution in [3.8, 4) is 17.1 Å². The zero-order chi connectivity index (χ0) is 17.9. The van der Waals surface area contributed by atoms with E-state index in [9.17, 15) is 0 Å². The molecule has 4 rings (SSSR count). The molecular formula is C21H20N4O. The van der Waals surface area contributed by atoms with E-state index in [1.165, 1.54) is 5.56 Å². The maximum absolute atomic E-state index is 5.72. The molecule has 1 aromatic heterocycles. The number of hydrogen-bond donors (Lipinski definition) is 3. The van der Waals surface area contributed by atoms with Gasteiger partial charge in [0.25, 0.3) is 0 Å². The Hall–Kier alpha value is -3.47. The summed E-state index contributed by atoms with van der Waals surface area (Å²) in [6, 6.07) is 21.9. The SMILES string of the molecule is COc1ccc(-c2nc3ccc(NCc4ccc(N)cc4)cc3[nH]2)cc1. The van der Waals surface area contributed by atoms with E-state index in [1.54, 1.807) is 7.11 Å². The molecule has 0 aliphatic heterocycles. The number of nitrogens with two attached hydrogens (primary N) is 1. The molecule has 0 fully saturated rings. The number of nitrogens with one attached hydrogen (secondary N) is 2. The number of aromatic amines is 1. The van der Waals surface area contributed by atoms with Crippen molar-refractivity contribution in [2.45, 2.75) is 6.54 Å². The molecule has 0 saturated carbocycles. The largest absolute Gasteiger partial charge is 0.497 e. The minimum absolute atomic E-state index is 0.741. The van der Waals surface area contributed by atoms with Crippen LogP contribution in [0, 0.1) is 0 Å². The summed E-state index contributed by atoms with van der Waals surface area (Å²) in [4.78, 5) is 8.06. The van der Waals surface area contributed by atoms with Crippen LogP contribution < -0.4 is 15.8 Å². The molecule has 1 heterocycles. The summed E-state index contributed by atoms with van der Waals surface area (Å²) in [5.41, 5.74) is 11.7. The Kier molecular flexibility index (Phi) is 4.19. The van der Waals surface area contributed by atoms with Crippen molar-refractivity contribution in [2.24, 2.45) is 0 Å². The molecule has 5 nitrogen and oxygen atoms in total. The highest BCUT2D eigenvalue weighted by Gasteiger charge is 2.06. The van der Waals surface area contributed by atoms with Gasteiger partial charge >= 0.3 is 0 Å². The highest BCUT2D eigenvalue weighted by Crippen LogP contribution is 2.24. The van der Waals surface area contributed by atoms with Gasteiger partial charge in [0.15, 0.2) is 0 Å². The van der Waals surface area contributed by atoms with E-state index in [-0.39, 0.29) is 0 Å². The Morgan fingerprint density at radius 3 is 2.50 bits per heavy atom. The molecule has 0 spiro atoms. The van der Waals surface area contributed by atoms with Gasteiger partial charge in [-0.15, -0.1) is 0 Å². The number of ether oxygens (including phenoxy) is 1. The summed E-state index contributed by atoms with van der Waals surface area (Å²) in [6.07, 6.45) is 0. The molecule has 0 unspecified atom stereocenters. The van der Waals surface area contributed by atoms with Crippen molar-refractivity contribution in [2.75, 3.05) is 18.2 Å². The predicted octanol–water partition coefficient (Wildman–Crippen LogP) is 4.43. The lowest BCUT2D eigenvalue weighted by molar-refractivity contribution is 0.415. The summed E-state index contributed by atoms with van der Waals surface area (Å²) in [5, 5.41) is 3.43. The Labute approximate surface area is 151 Å². The van der Waals surface area contributed by atoms with Crippen LogP contribution in [-0.2, 0) is 6.54 Å². The van der Waals surface area contributed by atoms with Crippen molar-refractivity contribution in [3.05, 3.63) is 72.3 Å². The van der Waals surface area contributed by atoms with Gasteiger partial charge in [0.2, 0.25) is 0 Å². The van der Waals surface area contributed by atoms with Gasteiger partial charge in [0, 0.05) is 23.5 Å². The van der Waals surface area contributed by atoms with Gasteiger partial charge < -0.3 is 20.8 Å². The fourth-order valence-electron chi connectivity index (χ4n) is 2.84. The quantitative estimate of drug-likeness (QED) is 0.468. The number of benzene rings is 3. The van der Waals surface area contributed by atoms with Crippen LogP contribution in [-0.4, -0.2) is 17.1 Å². The van der Waals surface area contributed by atoms with Gasteiger partial charge in [-0.1, -0.05) is 12.1 Å². The summed E-state index contributed by atoms with van der Waals surface area (Å²) in [7, 11) is 1.66. The first kappa shape index (κ1) is 16.0. The molecule has 3 aromatic carbocycles. The Bertz CT molecular complexity index is 1020. The van der Waals surface area contributed by atoms with Gasteiger partial charge in [-0.3, -0.25) is 0 Å². The molecule has 0 radical (unpaired) electrons. The number of aromatic nitrogens is 2. The lowest BCUT2D eigenvalue weighted by atomic mass is 10.2. The molecule has 0 bridgehead atoms. The summed E-state index contributed by atoms with van der Waals surface area (Å²) in [6.45, 7) is 0.741. The molecule has 0 saturated heterocycles. The molecule has 130 valence electrons. The zero-order valence-corrected chi connectivity index (χ0v) is 14.5. The van der Waals surface area contributed by atoms with Crippen LogP contribution >= 0.6 is 0 Å². The third-order valence-electron chi connectivity index (χ3n) is 4.32. The average molecular weight is 344 g/mol. The maximum atomic E-state index is 5.72. The minimum atomic E-state index is 0.741. The molecule has 0 aliphatic rings. The fraction of sp³-hybridized carbons (Fsp3) is 0.0952. The van der Waals surface area contributed by atoms with Crippen molar-refractivity contribution in [1.82, 2.24) is 9.97 Å². The van der Waals surface area contributed by atoms with Crippen molar-refractivity contribution >= 4 is 22.4 Å². The van der Waals surface area contributed by atoms with E-state index in [0.717, 1.165) is 46.1 Å². The molecule has 0 amide bonds. The highest BCUT2D eigenvalue weighted by atomic mass is 16.5.